The van der Waals surface area contributed by atoms with Crippen molar-refractivity contribution in [2.45, 2.75) is 25.1 Å². The van der Waals surface area contributed by atoms with Gasteiger partial charge in [-0.1, -0.05) is 29.8 Å². The summed E-state index contributed by atoms with van der Waals surface area (Å²) in [5, 5.41) is -0.398. The minimum absolute atomic E-state index is 0.0667. The zero-order valence-corrected chi connectivity index (χ0v) is 15.4. The molecule has 0 aliphatic carbocycles. The van der Waals surface area contributed by atoms with Gasteiger partial charge in [-0.25, -0.2) is 8.42 Å². The van der Waals surface area contributed by atoms with Gasteiger partial charge < -0.3 is 4.90 Å². The summed E-state index contributed by atoms with van der Waals surface area (Å²) in [6.07, 6.45) is 0.457. The SMILES string of the molecule is Cc1ccc(CN2C[C@@H]3[C@@H](C(=O)N(C)C)CCS(=O)(=O)[C@@H]3C2)cc1. The summed E-state index contributed by atoms with van der Waals surface area (Å²) in [7, 11) is 0.402. The van der Waals surface area contributed by atoms with E-state index in [1.54, 1.807) is 19.0 Å². The number of carbonyl (C=O) groups excluding carboxylic acids is 1. The predicted molar refractivity (Wildman–Crippen MR) is 94.3 cm³/mol. The Balaban J connectivity index is 1.78. The van der Waals surface area contributed by atoms with Gasteiger partial charge in [0, 0.05) is 45.6 Å². The van der Waals surface area contributed by atoms with Crippen LogP contribution in [-0.2, 0) is 21.2 Å². The number of aryl methyl sites for hydroxylation is 1. The maximum absolute atomic E-state index is 12.5. The molecule has 5 nitrogen and oxygen atoms in total. The molecule has 24 heavy (non-hydrogen) atoms. The highest BCUT2D eigenvalue weighted by Crippen LogP contribution is 2.38. The number of benzene rings is 1. The zero-order chi connectivity index (χ0) is 17.5. The third kappa shape index (κ3) is 3.35. The van der Waals surface area contributed by atoms with Crippen LogP contribution in [0.2, 0.25) is 0 Å². The predicted octanol–water partition coefficient (Wildman–Crippen LogP) is 1.32. The maximum atomic E-state index is 12.5. The van der Waals surface area contributed by atoms with E-state index < -0.39 is 15.1 Å². The molecule has 2 aliphatic heterocycles. The molecule has 2 aliphatic rings. The molecule has 0 N–H and O–H groups in total. The number of fused-ring (bicyclic) bond motifs is 1. The van der Waals surface area contributed by atoms with Gasteiger partial charge in [0.2, 0.25) is 5.91 Å². The standard InChI is InChI=1S/C18H26N2O3S/c1-13-4-6-14(7-5-13)10-20-11-16-15(18(21)19(2)3)8-9-24(22,23)17(16)12-20/h4-7,15-17H,8-12H2,1-3H3/t15-,16+,17+/m0/s1. The molecule has 1 aromatic carbocycles. The van der Waals surface area contributed by atoms with Crippen LogP contribution in [0.4, 0.5) is 0 Å². The van der Waals surface area contributed by atoms with Crippen LogP contribution in [0.5, 0.6) is 0 Å². The Labute approximate surface area is 144 Å². The topological polar surface area (TPSA) is 57.7 Å². The highest BCUT2D eigenvalue weighted by molar-refractivity contribution is 7.92. The Morgan fingerprint density at radius 3 is 2.50 bits per heavy atom. The third-order valence-electron chi connectivity index (χ3n) is 5.36. The number of amides is 1. The van der Waals surface area contributed by atoms with Gasteiger partial charge in [-0.3, -0.25) is 9.69 Å². The third-order valence-corrected chi connectivity index (χ3v) is 7.59. The lowest BCUT2D eigenvalue weighted by Gasteiger charge is -2.33. The molecule has 1 aromatic rings. The van der Waals surface area contributed by atoms with Gasteiger partial charge >= 0.3 is 0 Å². The Morgan fingerprint density at radius 2 is 1.88 bits per heavy atom. The normalized spacial score (nSPS) is 29.2. The minimum Gasteiger partial charge on any atom is -0.349 e. The molecule has 0 bridgehead atoms. The minimum atomic E-state index is -3.10. The van der Waals surface area contributed by atoms with E-state index in [2.05, 4.69) is 36.1 Å². The van der Waals surface area contributed by atoms with Crippen molar-refractivity contribution in [3.8, 4) is 0 Å². The number of rotatable bonds is 3. The fraction of sp³-hybridized carbons (Fsp3) is 0.611. The Bertz CT molecular complexity index is 712. The summed E-state index contributed by atoms with van der Waals surface area (Å²) < 4.78 is 25.0. The molecule has 1 amide bonds. The number of likely N-dealkylation sites (tertiary alicyclic amines) is 1. The lowest BCUT2D eigenvalue weighted by atomic mass is 9.87. The number of nitrogens with zero attached hydrogens (tertiary/aromatic N) is 2. The van der Waals surface area contributed by atoms with Gasteiger partial charge in [0.1, 0.15) is 0 Å². The molecule has 2 fully saturated rings. The molecule has 3 rings (SSSR count). The van der Waals surface area contributed by atoms with Gasteiger partial charge in [-0.05, 0) is 18.9 Å². The van der Waals surface area contributed by atoms with Crippen LogP contribution in [0.1, 0.15) is 17.5 Å². The van der Waals surface area contributed by atoms with Crippen molar-refractivity contribution in [1.82, 2.24) is 9.80 Å². The lowest BCUT2D eigenvalue weighted by Crippen LogP contribution is -2.46. The zero-order valence-electron chi connectivity index (χ0n) is 14.6. The molecule has 2 heterocycles. The van der Waals surface area contributed by atoms with E-state index in [4.69, 9.17) is 0 Å². The number of carbonyl (C=O) groups is 1. The number of sulfone groups is 1. The van der Waals surface area contributed by atoms with Crippen LogP contribution in [0.25, 0.3) is 0 Å². The maximum Gasteiger partial charge on any atom is 0.225 e. The fourth-order valence-electron chi connectivity index (χ4n) is 4.02. The fourth-order valence-corrected chi connectivity index (χ4v) is 6.15. The highest BCUT2D eigenvalue weighted by atomic mass is 32.2. The van der Waals surface area contributed by atoms with E-state index in [0.29, 0.717) is 19.5 Å². The van der Waals surface area contributed by atoms with Crippen molar-refractivity contribution in [3.05, 3.63) is 35.4 Å². The molecule has 0 saturated carbocycles. The molecule has 6 heteroatoms. The van der Waals surface area contributed by atoms with Crippen molar-refractivity contribution in [3.63, 3.8) is 0 Å². The smallest absolute Gasteiger partial charge is 0.225 e. The second kappa shape index (κ2) is 6.48. The van der Waals surface area contributed by atoms with Gasteiger partial charge in [0.05, 0.1) is 11.0 Å². The van der Waals surface area contributed by atoms with Gasteiger partial charge in [-0.2, -0.15) is 0 Å². The molecule has 0 unspecified atom stereocenters. The summed E-state index contributed by atoms with van der Waals surface area (Å²) in [6.45, 7) is 4.02. The Kier molecular flexibility index (Phi) is 4.71. The molecule has 0 spiro atoms. The first-order chi connectivity index (χ1) is 11.3. The summed E-state index contributed by atoms with van der Waals surface area (Å²) in [5.41, 5.74) is 2.40. The van der Waals surface area contributed by atoms with Crippen LogP contribution in [-0.4, -0.2) is 62.3 Å². The average molecular weight is 350 g/mol. The van der Waals surface area contributed by atoms with E-state index in [0.717, 1.165) is 6.54 Å². The first kappa shape index (κ1) is 17.4. The van der Waals surface area contributed by atoms with Crippen molar-refractivity contribution in [2.24, 2.45) is 11.8 Å². The molecular formula is C18H26N2O3S. The van der Waals surface area contributed by atoms with Crippen molar-refractivity contribution in [1.29, 1.82) is 0 Å². The number of hydrogen-bond acceptors (Lipinski definition) is 4. The quantitative estimate of drug-likeness (QED) is 0.825. The average Bonchev–Trinajstić information content (AvgIpc) is 2.94. The van der Waals surface area contributed by atoms with Crippen LogP contribution in [0.15, 0.2) is 24.3 Å². The van der Waals surface area contributed by atoms with E-state index in [9.17, 15) is 13.2 Å². The largest absolute Gasteiger partial charge is 0.349 e. The highest BCUT2D eigenvalue weighted by Gasteiger charge is 2.50. The Hall–Kier alpha value is -1.40. The monoisotopic (exact) mass is 350 g/mol. The first-order valence-corrected chi connectivity index (χ1v) is 10.2. The Morgan fingerprint density at radius 1 is 1.21 bits per heavy atom. The van der Waals surface area contributed by atoms with Gasteiger partial charge in [-0.15, -0.1) is 0 Å². The number of hydrogen-bond donors (Lipinski definition) is 0. The van der Waals surface area contributed by atoms with E-state index in [-0.39, 0.29) is 23.5 Å². The van der Waals surface area contributed by atoms with Crippen molar-refractivity contribution < 1.29 is 13.2 Å². The molecular weight excluding hydrogens is 324 g/mol. The van der Waals surface area contributed by atoms with Crippen LogP contribution in [0.3, 0.4) is 0 Å². The molecule has 0 aromatic heterocycles. The van der Waals surface area contributed by atoms with Crippen LogP contribution < -0.4 is 0 Å². The van der Waals surface area contributed by atoms with E-state index in [1.165, 1.54) is 11.1 Å². The van der Waals surface area contributed by atoms with Crippen molar-refractivity contribution in [2.75, 3.05) is 32.9 Å². The second-order valence-corrected chi connectivity index (χ2v) is 9.72. The van der Waals surface area contributed by atoms with E-state index in [1.807, 2.05) is 0 Å². The molecule has 0 radical (unpaired) electrons. The summed E-state index contributed by atoms with van der Waals surface area (Å²) in [4.78, 5) is 16.3. The molecule has 3 atom stereocenters. The van der Waals surface area contributed by atoms with Gasteiger partial charge in [0.15, 0.2) is 9.84 Å². The molecule has 2 saturated heterocycles. The molecule has 132 valence electrons. The lowest BCUT2D eigenvalue weighted by molar-refractivity contribution is -0.134. The summed E-state index contributed by atoms with van der Waals surface area (Å²) in [5.74, 6) is -0.0470. The van der Waals surface area contributed by atoms with E-state index >= 15 is 0 Å². The second-order valence-electron chi connectivity index (χ2n) is 7.38. The van der Waals surface area contributed by atoms with Crippen LogP contribution in [0, 0.1) is 18.8 Å². The van der Waals surface area contributed by atoms with Crippen molar-refractivity contribution >= 4 is 15.7 Å². The summed E-state index contributed by atoms with van der Waals surface area (Å²) in [6, 6.07) is 8.34. The first-order valence-electron chi connectivity index (χ1n) is 8.48. The summed E-state index contributed by atoms with van der Waals surface area (Å²) >= 11 is 0. The van der Waals surface area contributed by atoms with Gasteiger partial charge in [0.25, 0.3) is 0 Å². The van der Waals surface area contributed by atoms with Crippen LogP contribution >= 0.6 is 0 Å².